The molecule has 1 unspecified atom stereocenters. The molecule has 4 nitrogen and oxygen atoms in total. The van der Waals surface area contributed by atoms with Crippen LogP contribution < -0.4 is 5.73 Å². The molecule has 1 saturated carbocycles. The molecule has 1 aliphatic carbocycles. The Balaban J connectivity index is 0.000000722. The average Bonchev–Trinajstić information content (AvgIpc) is 2.55. The minimum atomic E-state index is 0. The normalized spacial score (nSPS) is 36.6. The first-order valence-corrected chi connectivity index (χ1v) is 6.03. The summed E-state index contributed by atoms with van der Waals surface area (Å²) in [7, 11) is 0. The SMILES string of the molecule is Cl.Cl.NC1CC(N2CCN3C(=O)CCC3C2)C1. The zero-order valence-electron chi connectivity index (χ0n) is 9.88. The van der Waals surface area contributed by atoms with E-state index in [0.29, 0.717) is 24.0 Å². The van der Waals surface area contributed by atoms with E-state index in [1.165, 1.54) is 0 Å². The zero-order valence-corrected chi connectivity index (χ0v) is 11.5. The number of halogens is 2. The molecule has 6 heteroatoms. The molecule has 2 saturated heterocycles. The fourth-order valence-electron chi connectivity index (χ4n) is 3.15. The highest BCUT2D eigenvalue weighted by molar-refractivity contribution is 5.85. The summed E-state index contributed by atoms with van der Waals surface area (Å²) in [5, 5.41) is 0. The van der Waals surface area contributed by atoms with Gasteiger partial charge in [0.1, 0.15) is 0 Å². The van der Waals surface area contributed by atoms with Crippen LogP contribution in [0.1, 0.15) is 25.7 Å². The van der Waals surface area contributed by atoms with E-state index in [-0.39, 0.29) is 24.8 Å². The van der Waals surface area contributed by atoms with Crippen LogP contribution in [-0.4, -0.2) is 53.5 Å². The Morgan fingerprint density at radius 2 is 1.82 bits per heavy atom. The van der Waals surface area contributed by atoms with E-state index in [1.54, 1.807) is 0 Å². The molecule has 1 amide bonds. The Hall–Kier alpha value is -0.0300. The molecule has 1 atom stereocenters. The van der Waals surface area contributed by atoms with Gasteiger partial charge in [0.15, 0.2) is 0 Å². The monoisotopic (exact) mass is 281 g/mol. The highest BCUT2D eigenvalue weighted by atomic mass is 35.5. The first kappa shape index (κ1) is 15.0. The topological polar surface area (TPSA) is 49.6 Å². The quantitative estimate of drug-likeness (QED) is 0.767. The first-order chi connectivity index (χ1) is 7.24. The minimum Gasteiger partial charge on any atom is -0.337 e. The molecule has 0 bridgehead atoms. The predicted molar refractivity (Wildman–Crippen MR) is 71.8 cm³/mol. The van der Waals surface area contributed by atoms with Crippen LogP contribution in [0.3, 0.4) is 0 Å². The van der Waals surface area contributed by atoms with Crippen molar-refractivity contribution in [3.05, 3.63) is 0 Å². The summed E-state index contributed by atoms with van der Waals surface area (Å²) in [4.78, 5) is 16.1. The lowest BCUT2D eigenvalue weighted by Gasteiger charge is -2.46. The highest BCUT2D eigenvalue weighted by Crippen LogP contribution is 2.29. The second-order valence-corrected chi connectivity index (χ2v) is 5.16. The Labute approximate surface area is 115 Å². The summed E-state index contributed by atoms with van der Waals surface area (Å²) in [5.41, 5.74) is 5.81. The number of fused-ring (bicyclic) bond motifs is 1. The van der Waals surface area contributed by atoms with Gasteiger partial charge in [-0.1, -0.05) is 0 Å². The van der Waals surface area contributed by atoms with Crippen molar-refractivity contribution in [3.63, 3.8) is 0 Å². The summed E-state index contributed by atoms with van der Waals surface area (Å²) >= 11 is 0. The van der Waals surface area contributed by atoms with Gasteiger partial charge in [-0.05, 0) is 19.3 Å². The molecule has 2 aliphatic heterocycles. The molecule has 3 fully saturated rings. The number of carbonyl (C=O) groups excluding carboxylic acids is 1. The summed E-state index contributed by atoms with van der Waals surface area (Å²) in [5.74, 6) is 0.366. The van der Waals surface area contributed by atoms with Crippen LogP contribution >= 0.6 is 24.8 Å². The van der Waals surface area contributed by atoms with Gasteiger partial charge >= 0.3 is 0 Å². The molecule has 2 heterocycles. The van der Waals surface area contributed by atoms with Gasteiger partial charge in [-0.2, -0.15) is 0 Å². The van der Waals surface area contributed by atoms with Crippen molar-refractivity contribution >= 4 is 30.7 Å². The van der Waals surface area contributed by atoms with Crippen LogP contribution in [0, 0.1) is 0 Å². The molecule has 2 N–H and O–H groups in total. The van der Waals surface area contributed by atoms with E-state index in [0.717, 1.165) is 45.3 Å². The van der Waals surface area contributed by atoms with Crippen LogP contribution in [0.2, 0.25) is 0 Å². The molecule has 3 rings (SSSR count). The van der Waals surface area contributed by atoms with Gasteiger partial charge in [0.25, 0.3) is 0 Å². The van der Waals surface area contributed by atoms with Gasteiger partial charge in [0.05, 0.1) is 0 Å². The van der Waals surface area contributed by atoms with E-state index in [1.807, 2.05) is 0 Å². The van der Waals surface area contributed by atoms with Crippen molar-refractivity contribution in [2.75, 3.05) is 19.6 Å². The zero-order chi connectivity index (χ0) is 10.4. The summed E-state index contributed by atoms with van der Waals surface area (Å²) in [6, 6.07) is 1.64. The number of carbonyl (C=O) groups is 1. The maximum atomic E-state index is 11.5. The van der Waals surface area contributed by atoms with Gasteiger partial charge in [0.2, 0.25) is 5.91 Å². The Bertz CT molecular complexity index is 284. The molecular weight excluding hydrogens is 261 g/mol. The van der Waals surface area contributed by atoms with Gasteiger partial charge < -0.3 is 10.6 Å². The highest BCUT2D eigenvalue weighted by Gasteiger charge is 2.40. The van der Waals surface area contributed by atoms with Crippen molar-refractivity contribution in [3.8, 4) is 0 Å². The summed E-state index contributed by atoms with van der Waals surface area (Å²) in [6.45, 7) is 3.08. The van der Waals surface area contributed by atoms with Crippen molar-refractivity contribution in [2.24, 2.45) is 5.73 Å². The van der Waals surface area contributed by atoms with Gasteiger partial charge in [-0.3, -0.25) is 9.69 Å². The van der Waals surface area contributed by atoms with Crippen molar-refractivity contribution in [1.29, 1.82) is 0 Å². The maximum Gasteiger partial charge on any atom is 0.222 e. The first-order valence-electron chi connectivity index (χ1n) is 6.03. The van der Waals surface area contributed by atoms with Crippen LogP contribution in [0.4, 0.5) is 0 Å². The fraction of sp³-hybridized carbons (Fsp3) is 0.909. The van der Waals surface area contributed by atoms with Crippen molar-refractivity contribution in [1.82, 2.24) is 9.80 Å². The Morgan fingerprint density at radius 3 is 2.47 bits per heavy atom. The van der Waals surface area contributed by atoms with Crippen LogP contribution in [0.5, 0.6) is 0 Å². The third kappa shape index (κ3) is 2.70. The second-order valence-electron chi connectivity index (χ2n) is 5.16. The largest absolute Gasteiger partial charge is 0.337 e. The molecule has 0 aromatic heterocycles. The molecule has 17 heavy (non-hydrogen) atoms. The molecule has 0 spiro atoms. The molecule has 100 valence electrons. The minimum absolute atomic E-state index is 0. The lowest BCUT2D eigenvalue weighted by Crippen LogP contribution is -2.59. The van der Waals surface area contributed by atoms with Gasteiger partial charge in [-0.15, -0.1) is 24.8 Å². The number of hydrogen-bond donors (Lipinski definition) is 1. The molecule has 3 aliphatic rings. The lowest BCUT2D eigenvalue weighted by molar-refractivity contribution is -0.131. The molecule has 0 aromatic carbocycles. The van der Waals surface area contributed by atoms with E-state index < -0.39 is 0 Å². The van der Waals surface area contributed by atoms with Crippen LogP contribution in [-0.2, 0) is 4.79 Å². The van der Waals surface area contributed by atoms with Crippen molar-refractivity contribution < 1.29 is 4.79 Å². The summed E-state index contributed by atoms with van der Waals surface area (Å²) < 4.78 is 0. The van der Waals surface area contributed by atoms with E-state index in [9.17, 15) is 4.79 Å². The smallest absolute Gasteiger partial charge is 0.222 e. The third-order valence-corrected chi connectivity index (χ3v) is 4.19. The molecular formula is C11H21Cl2N3O. The van der Waals surface area contributed by atoms with Gasteiger partial charge in [0, 0.05) is 44.2 Å². The number of amides is 1. The number of nitrogens with two attached hydrogens (primary N) is 1. The molecule has 0 aromatic rings. The average molecular weight is 282 g/mol. The fourth-order valence-corrected chi connectivity index (χ4v) is 3.15. The third-order valence-electron chi connectivity index (χ3n) is 4.19. The number of nitrogens with zero attached hydrogens (tertiary/aromatic N) is 2. The number of hydrogen-bond acceptors (Lipinski definition) is 3. The predicted octanol–water partition coefficient (Wildman–Crippen LogP) is 0.626. The van der Waals surface area contributed by atoms with Crippen LogP contribution in [0.15, 0.2) is 0 Å². The van der Waals surface area contributed by atoms with E-state index in [4.69, 9.17) is 5.73 Å². The maximum absolute atomic E-state index is 11.5. The second kappa shape index (κ2) is 5.74. The lowest BCUT2D eigenvalue weighted by atomic mass is 9.85. The van der Waals surface area contributed by atoms with E-state index in [2.05, 4.69) is 9.80 Å². The number of rotatable bonds is 1. The Kier molecular flexibility index (Phi) is 5.07. The summed E-state index contributed by atoms with van der Waals surface area (Å²) in [6.07, 6.45) is 4.14. The Morgan fingerprint density at radius 1 is 1.12 bits per heavy atom. The van der Waals surface area contributed by atoms with Crippen LogP contribution in [0.25, 0.3) is 0 Å². The standard InChI is InChI=1S/C11H19N3O.2ClH/c12-8-5-10(6-8)13-3-4-14-9(7-13)1-2-11(14)15;;/h8-10H,1-7,12H2;2*1H. The number of piperazine rings is 1. The van der Waals surface area contributed by atoms with Gasteiger partial charge in [-0.25, -0.2) is 0 Å². The molecule has 0 radical (unpaired) electrons. The van der Waals surface area contributed by atoms with E-state index >= 15 is 0 Å². The van der Waals surface area contributed by atoms with Crippen molar-refractivity contribution in [2.45, 2.75) is 43.8 Å².